The summed E-state index contributed by atoms with van der Waals surface area (Å²) in [5.74, 6) is -0.120. The van der Waals surface area contributed by atoms with Gasteiger partial charge in [-0.05, 0) is 49.4 Å². The van der Waals surface area contributed by atoms with E-state index >= 15 is 0 Å². The Morgan fingerprint density at radius 3 is 2.73 bits per heavy atom. The van der Waals surface area contributed by atoms with Gasteiger partial charge in [-0.1, -0.05) is 32.7 Å². The number of halogens is 3. The minimum atomic E-state index is -0.585. The maximum absolute atomic E-state index is 13.9. The van der Waals surface area contributed by atoms with Crippen LogP contribution in [0.5, 0.6) is 5.75 Å². The fraction of sp³-hybridized carbons (Fsp3) is 0.111. The van der Waals surface area contributed by atoms with E-state index < -0.39 is 11.7 Å². The van der Waals surface area contributed by atoms with E-state index in [4.69, 9.17) is 20.9 Å². The highest BCUT2D eigenvalue weighted by molar-refractivity contribution is 9.10. The zero-order chi connectivity index (χ0) is 18.7. The van der Waals surface area contributed by atoms with Crippen LogP contribution >= 0.6 is 27.5 Å². The molecule has 1 amide bonds. The predicted molar refractivity (Wildman–Crippen MR) is 99.1 cm³/mol. The van der Waals surface area contributed by atoms with Crippen LogP contribution in [0.25, 0.3) is 0 Å². The van der Waals surface area contributed by atoms with E-state index in [-0.39, 0.29) is 18.0 Å². The minimum Gasteiger partial charge on any atom is -0.489 e. The fourth-order valence-electron chi connectivity index (χ4n) is 2.20. The number of carbonyl (C=O) groups is 1. The molecule has 134 valence electrons. The Bertz CT molecular complexity index is 944. The van der Waals surface area contributed by atoms with Crippen molar-refractivity contribution in [2.24, 2.45) is 0 Å². The number of nitrogens with one attached hydrogen (secondary N) is 1. The van der Waals surface area contributed by atoms with Crippen LogP contribution < -0.4 is 10.1 Å². The number of benzene rings is 2. The van der Waals surface area contributed by atoms with Crippen molar-refractivity contribution in [2.45, 2.75) is 13.5 Å². The third kappa shape index (κ3) is 4.23. The molecule has 0 radical (unpaired) electrons. The van der Waals surface area contributed by atoms with Crippen LogP contribution in [0.4, 0.5) is 10.1 Å². The number of anilines is 1. The number of nitrogens with zero attached hydrogens (tertiary/aromatic N) is 1. The molecule has 0 fully saturated rings. The van der Waals surface area contributed by atoms with Crippen LogP contribution in [0.15, 0.2) is 51.5 Å². The standard InChI is InChI=1S/C18H13BrClFN2O3/c1-10-14(9-25-13-5-3-12(20)4-6-13)17(23-26-10)18(24)22-16-7-2-11(19)8-15(16)21/h2-8H,9H2,1H3,(H,22,24). The number of amides is 1. The Morgan fingerprint density at radius 1 is 1.31 bits per heavy atom. The lowest BCUT2D eigenvalue weighted by atomic mass is 10.2. The van der Waals surface area contributed by atoms with E-state index in [1.165, 1.54) is 12.1 Å². The molecule has 8 heteroatoms. The van der Waals surface area contributed by atoms with Crippen LogP contribution in [-0.4, -0.2) is 11.1 Å². The number of hydrogen-bond acceptors (Lipinski definition) is 4. The SMILES string of the molecule is Cc1onc(C(=O)Nc2ccc(Br)cc2F)c1COc1ccc(Cl)cc1. The Labute approximate surface area is 162 Å². The normalized spacial score (nSPS) is 10.6. The summed E-state index contributed by atoms with van der Waals surface area (Å²) in [6.07, 6.45) is 0. The van der Waals surface area contributed by atoms with Gasteiger partial charge in [-0.25, -0.2) is 4.39 Å². The third-order valence-corrected chi connectivity index (χ3v) is 4.32. The second-order valence-electron chi connectivity index (χ2n) is 5.39. The van der Waals surface area contributed by atoms with E-state index in [1.807, 2.05) is 0 Å². The van der Waals surface area contributed by atoms with Crippen LogP contribution in [-0.2, 0) is 6.61 Å². The summed E-state index contributed by atoms with van der Waals surface area (Å²) in [6.45, 7) is 1.74. The smallest absolute Gasteiger partial charge is 0.278 e. The van der Waals surface area contributed by atoms with Gasteiger partial charge in [0.15, 0.2) is 5.69 Å². The molecule has 0 saturated carbocycles. The first-order valence-corrected chi connectivity index (χ1v) is 8.71. The zero-order valence-electron chi connectivity index (χ0n) is 13.6. The average Bonchev–Trinajstić information content (AvgIpc) is 2.98. The second kappa shape index (κ2) is 7.88. The second-order valence-corrected chi connectivity index (χ2v) is 6.74. The van der Waals surface area contributed by atoms with Gasteiger partial charge in [-0.2, -0.15) is 0 Å². The van der Waals surface area contributed by atoms with E-state index in [2.05, 4.69) is 26.4 Å². The van der Waals surface area contributed by atoms with Gasteiger partial charge in [0.2, 0.25) is 0 Å². The first kappa shape index (κ1) is 18.4. The van der Waals surface area contributed by atoms with Gasteiger partial charge in [-0.15, -0.1) is 0 Å². The van der Waals surface area contributed by atoms with Crippen molar-refractivity contribution >= 4 is 39.1 Å². The third-order valence-electron chi connectivity index (χ3n) is 3.58. The summed E-state index contributed by atoms with van der Waals surface area (Å²) >= 11 is 9.00. The topological polar surface area (TPSA) is 64.4 Å². The maximum atomic E-state index is 13.9. The molecule has 1 heterocycles. The van der Waals surface area contributed by atoms with Crippen molar-refractivity contribution < 1.29 is 18.4 Å². The average molecular weight is 440 g/mol. The van der Waals surface area contributed by atoms with Crippen molar-refractivity contribution in [1.29, 1.82) is 0 Å². The molecule has 0 unspecified atom stereocenters. The van der Waals surface area contributed by atoms with E-state index in [1.54, 1.807) is 37.3 Å². The Kier molecular flexibility index (Phi) is 5.58. The van der Waals surface area contributed by atoms with Gasteiger partial charge >= 0.3 is 0 Å². The summed E-state index contributed by atoms with van der Waals surface area (Å²) in [4.78, 5) is 12.5. The lowest BCUT2D eigenvalue weighted by Gasteiger charge is -2.08. The van der Waals surface area contributed by atoms with Gasteiger partial charge in [0.1, 0.15) is 23.9 Å². The number of carbonyl (C=O) groups excluding carboxylic acids is 1. The highest BCUT2D eigenvalue weighted by Gasteiger charge is 2.21. The van der Waals surface area contributed by atoms with E-state index in [0.717, 1.165) is 0 Å². The lowest BCUT2D eigenvalue weighted by molar-refractivity contribution is 0.101. The molecule has 0 aliphatic rings. The van der Waals surface area contributed by atoms with Crippen molar-refractivity contribution in [3.8, 4) is 5.75 Å². The Hall–Kier alpha value is -2.38. The molecule has 5 nitrogen and oxygen atoms in total. The molecule has 0 aliphatic heterocycles. The van der Waals surface area contributed by atoms with Crippen LogP contribution in [0.2, 0.25) is 5.02 Å². The molecule has 26 heavy (non-hydrogen) atoms. The van der Waals surface area contributed by atoms with Gasteiger partial charge in [0.25, 0.3) is 5.91 Å². The molecule has 3 rings (SSSR count). The molecular weight excluding hydrogens is 427 g/mol. The molecule has 0 spiro atoms. The van der Waals surface area contributed by atoms with Crippen molar-refractivity contribution in [3.05, 3.63) is 74.8 Å². The van der Waals surface area contributed by atoms with Crippen molar-refractivity contribution in [3.63, 3.8) is 0 Å². The first-order valence-electron chi connectivity index (χ1n) is 7.54. The molecule has 1 N–H and O–H groups in total. The predicted octanol–water partition coefficient (Wildman–Crippen LogP) is 5.37. The molecule has 0 saturated heterocycles. The van der Waals surface area contributed by atoms with Gasteiger partial charge < -0.3 is 14.6 Å². The largest absolute Gasteiger partial charge is 0.489 e. The maximum Gasteiger partial charge on any atom is 0.278 e. The van der Waals surface area contributed by atoms with E-state index in [9.17, 15) is 9.18 Å². The minimum absolute atomic E-state index is 0.0405. The Morgan fingerprint density at radius 2 is 2.04 bits per heavy atom. The molecule has 0 bridgehead atoms. The Balaban J connectivity index is 1.76. The van der Waals surface area contributed by atoms with Crippen molar-refractivity contribution in [1.82, 2.24) is 5.16 Å². The summed E-state index contributed by atoms with van der Waals surface area (Å²) in [5.41, 5.74) is 0.567. The monoisotopic (exact) mass is 438 g/mol. The highest BCUT2D eigenvalue weighted by atomic mass is 79.9. The summed E-state index contributed by atoms with van der Waals surface area (Å²) in [5, 5.41) is 6.84. The zero-order valence-corrected chi connectivity index (χ0v) is 15.9. The molecular formula is C18H13BrClFN2O3. The molecule has 0 atom stereocenters. The molecule has 3 aromatic rings. The number of hydrogen-bond donors (Lipinski definition) is 1. The van der Waals surface area contributed by atoms with Gasteiger partial charge in [0.05, 0.1) is 11.3 Å². The summed E-state index contributed by atoms with van der Waals surface area (Å²) < 4.78 is 25.2. The summed E-state index contributed by atoms with van der Waals surface area (Å²) in [7, 11) is 0. The highest BCUT2D eigenvalue weighted by Crippen LogP contribution is 2.23. The fourth-order valence-corrected chi connectivity index (χ4v) is 2.66. The van der Waals surface area contributed by atoms with Gasteiger partial charge in [-0.3, -0.25) is 4.79 Å². The number of ether oxygens (including phenoxy) is 1. The van der Waals surface area contributed by atoms with E-state index in [0.29, 0.717) is 26.6 Å². The first-order chi connectivity index (χ1) is 12.4. The molecule has 2 aromatic carbocycles. The quantitative estimate of drug-likeness (QED) is 0.580. The lowest BCUT2D eigenvalue weighted by Crippen LogP contribution is -2.16. The number of aryl methyl sites for hydroxylation is 1. The van der Waals surface area contributed by atoms with Crippen molar-refractivity contribution in [2.75, 3.05) is 5.32 Å². The number of rotatable bonds is 5. The molecule has 0 aliphatic carbocycles. The number of aromatic nitrogens is 1. The molecule has 1 aromatic heterocycles. The van der Waals surface area contributed by atoms with Crippen LogP contribution in [0.3, 0.4) is 0 Å². The van der Waals surface area contributed by atoms with Crippen LogP contribution in [0, 0.1) is 12.7 Å². The van der Waals surface area contributed by atoms with Crippen LogP contribution in [0.1, 0.15) is 21.8 Å². The summed E-state index contributed by atoms with van der Waals surface area (Å²) in [6, 6.07) is 11.1. The van der Waals surface area contributed by atoms with Gasteiger partial charge in [0, 0.05) is 9.50 Å².